The SMILES string of the molecule is c1ccc(-c2cnc3cc([C@@H]4CCCN4)oc3c2)cc1. The van der Waals surface area contributed by atoms with Crippen molar-refractivity contribution in [2.24, 2.45) is 0 Å². The molecule has 100 valence electrons. The van der Waals surface area contributed by atoms with Gasteiger partial charge in [0.1, 0.15) is 11.3 Å². The largest absolute Gasteiger partial charge is 0.458 e. The van der Waals surface area contributed by atoms with Crippen LogP contribution in [-0.4, -0.2) is 11.5 Å². The minimum absolute atomic E-state index is 0.351. The third-order valence-corrected chi connectivity index (χ3v) is 3.90. The van der Waals surface area contributed by atoms with Crippen LogP contribution in [0.15, 0.2) is 53.1 Å². The first-order valence-electron chi connectivity index (χ1n) is 7.08. The van der Waals surface area contributed by atoms with Gasteiger partial charge in [-0.15, -0.1) is 0 Å². The molecular formula is C17H16N2O. The fraction of sp³-hybridized carbons (Fsp3) is 0.235. The number of pyridine rings is 1. The molecule has 1 aliphatic heterocycles. The van der Waals surface area contributed by atoms with Crippen LogP contribution in [-0.2, 0) is 0 Å². The van der Waals surface area contributed by atoms with Crippen molar-refractivity contribution in [2.75, 3.05) is 6.54 Å². The normalized spacial score (nSPS) is 18.7. The van der Waals surface area contributed by atoms with Crippen LogP contribution < -0.4 is 5.32 Å². The van der Waals surface area contributed by atoms with Crippen LogP contribution >= 0.6 is 0 Å². The predicted molar refractivity (Wildman–Crippen MR) is 79.4 cm³/mol. The third-order valence-electron chi connectivity index (χ3n) is 3.90. The Morgan fingerprint density at radius 1 is 1.10 bits per heavy atom. The molecule has 0 radical (unpaired) electrons. The summed E-state index contributed by atoms with van der Waals surface area (Å²) >= 11 is 0. The molecule has 3 aromatic rings. The summed E-state index contributed by atoms with van der Waals surface area (Å²) in [5.41, 5.74) is 4.07. The summed E-state index contributed by atoms with van der Waals surface area (Å²) in [7, 11) is 0. The molecule has 0 unspecified atom stereocenters. The molecule has 20 heavy (non-hydrogen) atoms. The molecule has 0 spiro atoms. The van der Waals surface area contributed by atoms with Gasteiger partial charge in [0.15, 0.2) is 5.58 Å². The predicted octanol–water partition coefficient (Wildman–Crippen LogP) is 3.92. The summed E-state index contributed by atoms with van der Waals surface area (Å²) in [4.78, 5) is 4.53. The lowest BCUT2D eigenvalue weighted by atomic mass is 10.1. The first-order valence-corrected chi connectivity index (χ1v) is 7.08. The van der Waals surface area contributed by atoms with Gasteiger partial charge in [-0.3, -0.25) is 4.98 Å². The standard InChI is InChI=1S/C17H16N2O/c1-2-5-12(6-3-1)13-9-16-15(19-11-13)10-17(20-16)14-7-4-8-18-14/h1-3,5-6,9-11,14,18H,4,7-8H2/t14-/m0/s1. The zero-order valence-corrected chi connectivity index (χ0v) is 11.2. The molecular weight excluding hydrogens is 248 g/mol. The Kier molecular flexibility index (Phi) is 2.78. The minimum Gasteiger partial charge on any atom is -0.458 e. The summed E-state index contributed by atoms with van der Waals surface area (Å²) in [5, 5.41) is 3.46. The minimum atomic E-state index is 0.351. The van der Waals surface area contributed by atoms with Gasteiger partial charge in [0.25, 0.3) is 0 Å². The fourth-order valence-corrected chi connectivity index (χ4v) is 2.82. The molecule has 1 aliphatic rings. The van der Waals surface area contributed by atoms with E-state index in [0.29, 0.717) is 6.04 Å². The van der Waals surface area contributed by atoms with Gasteiger partial charge in [-0.2, -0.15) is 0 Å². The molecule has 0 bridgehead atoms. The number of rotatable bonds is 2. The summed E-state index contributed by atoms with van der Waals surface area (Å²) in [6.07, 6.45) is 4.27. The zero-order valence-electron chi connectivity index (χ0n) is 11.2. The average Bonchev–Trinajstić information content (AvgIpc) is 3.16. The van der Waals surface area contributed by atoms with Gasteiger partial charge >= 0.3 is 0 Å². The van der Waals surface area contributed by atoms with E-state index in [1.807, 2.05) is 24.4 Å². The van der Waals surface area contributed by atoms with E-state index in [1.165, 1.54) is 12.0 Å². The Bertz CT molecular complexity index is 727. The fourth-order valence-electron chi connectivity index (χ4n) is 2.82. The summed E-state index contributed by atoms with van der Waals surface area (Å²) < 4.78 is 5.99. The van der Waals surface area contributed by atoms with E-state index in [9.17, 15) is 0 Å². The summed E-state index contributed by atoms with van der Waals surface area (Å²) in [6, 6.07) is 14.8. The molecule has 0 aliphatic carbocycles. The highest BCUT2D eigenvalue weighted by Gasteiger charge is 2.20. The third kappa shape index (κ3) is 2.00. The second-order valence-corrected chi connectivity index (χ2v) is 5.27. The van der Waals surface area contributed by atoms with Crippen molar-refractivity contribution in [1.82, 2.24) is 10.3 Å². The quantitative estimate of drug-likeness (QED) is 0.762. The summed E-state index contributed by atoms with van der Waals surface area (Å²) in [5.74, 6) is 1.01. The first-order chi connectivity index (χ1) is 9.90. The molecule has 3 heteroatoms. The number of benzene rings is 1. The van der Waals surface area contributed by atoms with Crippen molar-refractivity contribution >= 4 is 11.1 Å². The van der Waals surface area contributed by atoms with Gasteiger partial charge < -0.3 is 9.73 Å². The monoisotopic (exact) mass is 264 g/mol. The van der Waals surface area contributed by atoms with Crippen molar-refractivity contribution < 1.29 is 4.42 Å². The van der Waals surface area contributed by atoms with E-state index in [0.717, 1.165) is 35.4 Å². The Morgan fingerprint density at radius 3 is 2.80 bits per heavy atom. The number of furan rings is 1. The number of fused-ring (bicyclic) bond motifs is 1. The highest BCUT2D eigenvalue weighted by atomic mass is 16.3. The highest BCUT2D eigenvalue weighted by Crippen LogP contribution is 2.30. The van der Waals surface area contributed by atoms with Gasteiger partial charge in [-0.1, -0.05) is 30.3 Å². The average molecular weight is 264 g/mol. The Hall–Kier alpha value is -2.13. The van der Waals surface area contributed by atoms with Crippen molar-refractivity contribution in [1.29, 1.82) is 0 Å². The maximum Gasteiger partial charge on any atom is 0.153 e. The van der Waals surface area contributed by atoms with E-state index in [2.05, 4.69) is 34.6 Å². The Morgan fingerprint density at radius 2 is 2.00 bits per heavy atom. The lowest BCUT2D eigenvalue weighted by Gasteiger charge is -2.04. The molecule has 1 fully saturated rings. The van der Waals surface area contributed by atoms with Crippen LogP contribution in [0.2, 0.25) is 0 Å². The molecule has 1 saturated heterocycles. The topological polar surface area (TPSA) is 38.1 Å². The molecule has 1 atom stereocenters. The molecule has 0 saturated carbocycles. The van der Waals surface area contributed by atoms with E-state index in [4.69, 9.17) is 4.42 Å². The maximum absolute atomic E-state index is 5.99. The first kappa shape index (κ1) is 11.7. The van der Waals surface area contributed by atoms with Crippen LogP contribution in [0.4, 0.5) is 0 Å². The second kappa shape index (κ2) is 4.76. The number of hydrogen-bond donors (Lipinski definition) is 1. The zero-order chi connectivity index (χ0) is 13.4. The van der Waals surface area contributed by atoms with Crippen molar-refractivity contribution in [3.63, 3.8) is 0 Å². The van der Waals surface area contributed by atoms with Gasteiger partial charge in [0, 0.05) is 17.8 Å². The van der Waals surface area contributed by atoms with Crippen LogP contribution in [0.5, 0.6) is 0 Å². The van der Waals surface area contributed by atoms with Gasteiger partial charge in [-0.25, -0.2) is 0 Å². The van der Waals surface area contributed by atoms with E-state index < -0.39 is 0 Å². The molecule has 1 aromatic carbocycles. The van der Waals surface area contributed by atoms with Crippen LogP contribution in [0.25, 0.3) is 22.2 Å². The molecule has 3 heterocycles. The molecule has 1 N–H and O–H groups in total. The Labute approximate surface area is 117 Å². The van der Waals surface area contributed by atoms with Crippen molar-refractivity contribution in [3.8, 4) is 11.1 Å². The van der Waals surface area contributed by atoms with Crippen LogP contribution in [0.1, 0.15) is 24.6 Å². The molecule has 3 nitrogen and oxygen atoms in total. The smallest absolute Gasteiger partial charge is 0.153 e. The lowest BCUT2D eigenvalue weighted by molar-refractivity contribution is 0.471. The second-order valence-electron chi connectivity index (χ2n) is 5.27. The van der Waals surface area contributed by atoms with E-state index in [-0.39, 0.29) is 0 Å². The molecule has 4 rings (SSSR count). The number of nitrogens with zero attached hydrogens (tertiary/aromatic N) is 1. The Balaban J connectivity index is 1.76. The van der Waals surface area contributed by atoms with Crippen LogP contribution in [0.3, 0.4) is 0 Å². The van der Waals surface area contributed by atoms with Crippen LogP contribution in [0, 0.1) is 0 Å². The number of nitrogens with one attached hydrogen (secondary N) is 1. The van der Waals surface area contributed by atoms with E-state index in [1.54, 1.807) is 0 Å². The lowest BCUT2D eigenvalue weighted by Crippen LogP contribution is -2.11. The van der Waals surface area contributed by atoms with Crippen molar-refractivity contribution in [3.05, 3.63) is 54.4 Å². The summed E-state index contributed by atoms with van der Waals surface area (Å²) in [6.45, 7) is 1.07. The van der Waals surface area contributed by atoms with Crippen molar-refractivity contribution in [2.45, 2.75) is 18.9 Å². The van der Waals surface area contributed by atoms with Gasteiger partial charge in [0.05, 0.1) is 6.04 Å². The maximum atomic E-state index is 5.99. The van der Waals surface area contributed by atoms with E-state index >= 15 is 0 Å². The number of aromatic nitrogens is 1. The van der Waals surface area contributed by atoms with Gasteiger partial charge in [0.2, 0.25) is 0 Å². The van der Waals surface area contributed by atoms with Gasteiger partial charge in [-0.05, 0) is 31.0 Å². The highest BCUT2D eigenvalue weighted by molar-refractivity contribution is 5.79. The molecule has 0 amide bonds. The molecule has 2 aromatic heterocycles. The number of hydrogen-bond acceptors (Lipinski definition) is 3.